The first-order chi connectivity index (χ1) is 15.4. The van der Waals surface area contributed by atoms with Gasteiger partial charge in [-0.2, -0.15) is 4.98 Å². The van der Waals surface area contributed by atoms with E-state index < -0.39 is 5.97 Å². The van der Waals surface area contributed by atoms with Crippen LogP contribution in [-0.2, 0) is 6.54 Å². The fourth-order valence-corrected chi connectivity index (χ4v) is 3.21. The number of para-hydroxylation sites is 1. The number of hydrogen-bond donors (Lipinski definition) is 3. The Morgan fingerprint density at radius 3 is 2.47 bits per heavy atom. The average Bonchev–Trinajstić information content (AvgIpc) is 3.22. The van der Waals surface area contributed by atoms with Crippen molar-refractivity contribution in [3.63, 3.8) is 0 Å². The summed E-state index contributed by atoms with van der Waals surface area (Å²) in [5, 5.41) is 14.3. The van der Waals surface area contributed by atoms with Gasteiger partial charge in [0.2, 0.25) is 0 Å². The van der Waals surface area contributed by atoms with E-state index in [9.17, 15) is 9.59 Å². The molecule has 0 aliphatic carbocycles. The van der Waals surface area contributed by atoms with Crippen molar-refractivity contribution >= 4 is 46.3 Å². The van der Waals surface area contributed by atoms with Crippen molar-refractivity contribution in [2.24, 2.45) is 0 Å². The zero-order valence-corrected chi connectivity index (χ0v) is 17.8. The molecule has 0 atom stereocenters. The van der Waals surface area contributed by atoms with Gasteiger partial charge in [0.05, 0.1) is 16.8 Å². The number of aromatic nitrogens is 1. The molecule has 4 rings (SSSR count). The molecule has 0 saturated heterocycles. The summed E-state index contributed by atoms with van der Waals surface area (Å²) in [6.45, 7) is 0.487. The fraction of sp³-hybridized carbons (Fsp3) is 0.0870. The van der Waals surface area contributed by atoms with Crippen molar-refractivity contribution < 1.29 is 19.1 Å². The van der Waals surface area contributed by atoms with Gasteiger partial charge in [0.1, 0.15) is 5.52 Å². The third-order valence-corrected chi connectivity index (χ3v) is 5.04. The van der Waals surface area contributed by atoms with Crippen molar-refractivity contribution in [1.82, 2.24) is 10.4 Å². The highest BCUT2D eigenvalue weighted by Gasteiger charge is 2.17. The summed E-state index contributed by atoms with van der Waals surface area (Å²) in [5.74, 6) is -1.40. The van der Waals surface area contributed by atoms with Crippen molar-refractivity contribution in [3.8, 4) is 0 Å². The van der Waals surface area contributed by atoms with E-state index in [1.54, 1.807) is 49.5 Å². The number of fused-ring (bicyclic) bond motifs is 1. The quantitative estimate of drug-likeness (QED) is 0.354. The Kier molecular flexibility index (Phi) is 5.96. The van der Waals surface area contributed by atoms with Crippen LogP contribution >= 0.6 is 11.6 Å². The highest BCUT2D eigenvalue weighted by Crippen LogP contribution is 2.24. The standard InChI is InChI=1S/C23H19ClN4O4/c1-28(17-11-7-15(8-12-17)22(30)31)27-21(29)18-3-2-4-19-20(18)32-23(26-19)25-13-14-5-9-16(24)10-6-14/h2-12H,13H2,1H3,(H,25,26)(H,27,29)(H,30,31). The van der Waals surface area contributed by atoms with Gasteiger partial charge in [-0.25, -0.2) is 4.79 Å². The van der Waals surface area contributed by atoms with Crippen molar-refractivity contribution in [2.75, 3.05) is 17.4 Å². The maximum Gasteiger partial charge on any atom is 0.335 e. The number of oxazole rings is 1. The molecule has 4 aromatic rings. The molecule has 3 aromatic carbocycles. The molecule has 0 fully saturated rings. The highest BCUT2D eigenvalue weighted by molar-refractivity contribution is 6.30. The lowest BCUT2D eigenvalue weighted by Gasteiger charge is -2.20. The molecule has 0 spiro atoms. The summed E-state index contributed by atoms with van der Waals surface area (Å²) >= 11 is 5.91. The Bertz CT molecular complexity index is 1270. The lowest BCUT2D eigenvalue weighted by atomic mass is 10.2. The van der Waals surface area contributed by atoms with Gasteiger partial charge in [-0.15, -0.1) is 0 Å². The molecule has 0 aliphatic rings. The summed E-state index contributed by atoms with van der Waals surface area (Å²) in [4.78, 5) is 28.3. The first-order valence-electron chi connectivity index (χ1n) is 9.66. The van der Waals surface area contributed by atoms with Crippen LogP contribution in [0, 0.1) is 0 Å². The van der Waals surface area contributed by atoms with E-state index in [0.29, 0.717) is 39.9 Å². The van der Waals surface area contributed by atoms with Crippen molar-refractivity contribution in [3.05, 3.63) is 88.4 Å². The maximum absolute atomic E-state index is 12.9. The van der Waals surface area contributed by atoms with Gasteiger partial charge in [0.25, 0.3) is 11.9 Å². The normalized spacial score (nSPS) is 10.7. The molecular formula is C23H19ClN4O4. The largest absolute Gasteiger partial charge is 0.478 e. The Morgan fingerprint density at radius 1 is 1.06 bits per heavy atom. The number of carboxylic acids is 1. The van der Waals surface area contributed by atoms with Crippen LogP contribution in [0.5, 0.6) is 0 Å². The third kappa shape index (κ3) is 4.65. The minimum atomic E-state index is -1.01. The van der Waals surface area contributed by atoms with Gasteiger partial charge in [-0.3, -0.25) is 15.2 Å². The summed E-state index contributed by atoms with van der Waals surface area (Å²) in [6, 6.07) is 19.0. The second-order valence-electron chi connectivity index (χ2n) is 7.00. The Balaban J connectivity index is 1.48. The third-order valence-electron chi connectivity index (χ3n) is 4.79. The van der Waals surface area contributed by atoms with Crippen LogP contribution in [-0.4, -0.2) is 29.0 Å². The Labute approximate surface area is 188 Å². The predicted molar refractivity (Wildman–Crippen MR) is 122 cm³/mol. The van der Waals surface area contributed by atoms with Gasteiger partial charge in [0, 0.05) is 18.6 Å². The number of nitrogens with zero attached hydrogens (tertiary/aromatic N) is 2. The maximum atomic E-state index is 12.9. The van der Waals surface area contributed by atoms with Crippen LogP contribution in [0.3, 0.4) is 0 Å². The number of aromatic carboxylic acids is 1. The van der Waals surface area contributed by atoms with E-state index in [4.69, 9.17) is 21.1 Å². The van der Waals surface area contributed by atoms with E-state index in [0.717, 1.165) is 5.56 Å². The van der Waals surface area contributed by atoms with E-state index in [-0.39, 0.29) is 11.5 Å². The predicted octanol–water partition coefficient (Wildman–Crippen LogP) is 4.57. The number of nitrogens with one attached hydrogen (secondary N) is 2. The molecule has 1 aromatic heterocycles. The van der Waals surface area contributed by atoms with E-state index in [1.165, 1.54) is 17.1 Å². The van der Waals surface area contributed by atoms with Gasteiger partial charge in [-0.05, 0) is 54.1 Å². The monoisotopic (exact) mass is 450 g/mol. The van der Waals surface area contributed by atoms with Gasteiger partial charge >= 0.3 is 5.97 Å². The number of amides is 1. The number of carboxylic acid groups (broad SMARTS) is 1. The first kappa shape index (κ1) is 21.2. The number of benzene rings is 3. The number of hydrazine groups is 1. The lowest BCUT2D eigenvalue weighted by molar-refractivity contribution is 0.0696. The number of hydrogen-bond acceptors (Lipinski definition) is 6. The highest BCUT2D eigenvalue weighted by atomic mass is 35.5. The summed E-state index contributed by atoms with van der Waals surface area (Å²) in [5.41, 5.74) is 5.77. The second kappa shape index (κ2) is 8.99. The van der Waals surface area contributed by atoms with Crippen molar-refractivity contribution in [2.45, 2.75) is 6.54 Å². The fourth-order valence-electron chi connectivity index (χ4n) is 3.09. The van der Waals surface area contributed by atoms with Crippen LogP contribution in [0.4, 0.5) is 11.7 Å². The minimum Gasteiger partial charge on any atom is -0.478 e. The minimum absolute atomic E-state index is 0.165. The molecule has 0 unspecified atom stereocenters. The molecule has 0 aliphatic heterocycles. The number of carbonyl (C=O) groups excluding carboxylic acids is 1. The topological polar surface area (TPSA) is 108 Å². The molecule has 32 heavy (non-hydrogen) atoms. The van der Waals surface area contributed by atoms with E-state index in [2.05, 4.69) is 15.7 Å². The Hall–Kier alpha value is -4.04. The van der Waals surface area contributed by atoms with Crippen LogP contribution in [0.2, 0.25) is 5.02 Å². The smallest absolute Gasteiger partial charge is 0.335 e. The first-order valence-corrected chi connectivity index (χ1v) is 10.0. The van der Waals surface area contributed by atoms with Gasteiger partial charge in [-0.1, -0.05) is 29.8 Å². The number of rotatable bonds is 7. The average molecular weight is 451 g/mol. The van der Waals surface area contributed by atoms with Gasteiger partial charge < -0.3 is 14.8 Å². The zero-order chi connectivity index (χ0) is 22.7. The second-order valence-corrected chi connectivity index (χ2v) is 7.44. The van der Waals surface area contributed by atoms with Gasteiger partial charge in [0.15, 0.2) is 5.58 Å². The molecular weight excluding hydrogens is 432 g/mol. The lowest BCUT2D eigenvalue weighted by Crippen LogP contribution is -2.39. The molecule has 1 amide bonds. The van der Waals surface area contributed by atoms with Crippen LogP contribution in [0.25, 0.3) is 11.1 Å². The summed E-state index contributed by atoms with van der Waals surface area (Å²) in [7, 11) is 1.66. The SMILES string of the molecule is CN(NC(=O)c1cccc2nc(NCc3ccc(Cl)cc3)oc12)c1ccc(C(=O)O)cc1. The van der Waals surface area contributed by atoms with Crippen LogP contribution in [0.1, 0.15) is 26.3 Å². The molecule has 3 N–H and O–H groups in total. The number of halogens is 1. The van der Waals surface area contributed by atoms with E-state index >= 15 is 0 Å². The molecule has 162 valence electrons. The summed E-state index contributed by atoms with van der Waals surface area (Å²) < 4.78 is 5.80. The van der Waals surface area contributed by atoms with Crippen LogP contribution < -0.4 is 15.8 Å². The Morgan fingerprint density at radius 2 is 1.78 bits per heavy atom. The van der Waals surface area contributed by atoms with E-state index in [1.807, 2.05) is 12.1 Å². The number of anilines is 2. The molecule has 8 nitrogen and oxygen atoms in total. The number of carbonyl (C=O) groups is 2. The molecule has 0 saturated carbocycles. The zero-order valence-electron chi connectivity index (χ0n) is 17.0. The molecule has 9 heteroatoms. The molecule has 0 bridgehead atoms. The molecule has 1 heterocycles. The summed E-state index contributed by atoms with van der Waals surface area (Å²) in [6.07, 6.45) is 0. The molecule has 0 radical (unpaired) electrons. The van der Waals surface area contributed by atoms with Crippen LogP contribution in [0.15, 0.2) is 71.1 Å². The van der Waals surface area contributed by atoms with Crippen molar-refractivity contribution in [1.29, 1.82) is 0 Å².